The highest BCUT2D eigenvalue weighted by molar-refractivity contribution is 5.91. The molecule has 4 N–H and O–H groups in total. The number of anilines is 2. The predicted octanol–water partition coefficient (Wildman–Crippen LogP) is 3.69. The fraction of sp³-hybridized carbons (Fsp3) is 0.562. The lowest BCUT2D eigenvalue weighted by molar-refractivity contribution is -0.116. The number of nitrogens with two attached hydrogens (primary N) is 1. The molecule has 1 rings (SSSR count). The Morgan fingerprint density at radius 1 is 1.30 bits per heavy atom. The van der Waals surface area contributed by atoms with Crippen molar-refractivity contribution in [1.82, 2.24) is 0 Å². The third-order valence-corrected chi connectivity index (χ3v) is 3.17. The second-order valence-electron chi connectivity index (χ2n) is 6.38. The molecular weight excluding hydrogens is 250 g/mol. The van der Waals surface area contributed by atoms with E-state index in [-0.39, 0.29) is 11.3 Å². The standard InChI is InChI=1S/C16H27N3O/c1-5-6-12-7-8-13(11-14(12)19-17)18-15(20)9-10-16(2,3)4/h7-8,11,19H,5-6,9-10,17H2,1-4H3,(H,18,20). The summed E-state index contributed by atoms with van der Waals surface area (Å²) < 4.78 is 0. The Morgan fingerprint density at radius 3 is 2.55 bits per heavy atom. The van der Waals surface area contributed by atoms with Crippen LogP contribution in [0.4, 0.5) is 11.4 Å². The Balaban J connectivity index is 2.66. The van der Waals surface area contributed by atoms with E-state index in [2.05, 4.69) is 38.4 Å². The minimum atomic E-state index is 0.0473. The van der Waals surface area contributed by atoms with Gasteiger partial charge in [0.2, 0.25) is 5.91 Å². The maximum Gasteiger partial charge on any atom is 0.224 e. The number of nitrogens with one attached hydrogen (secondary N) is 2. The summed E-state index contributed by atoms with van der Waals surface area (Å²) in [5, 5.41) is 2.92. The fourth-order valence-corrected chi connectivity index (χ4v) is 1.99. The molecule has 0 heterocycles. The molecule has 0 saturated heterocycles. The third-order valence-electron chi connectivity index (χ3n) is 3.17. The molecule has 1 aromatic rings. The molecule has 0 bridgehead atoms. The van der Waals surface area contributed by atoms with Crippen LogP contribution in [0.15, 0.2) is 18.2 Å². The topological polar surface area (TPSA) is 67.2 Å². The summed E-state index contributed by atoms with van der Waals surface area (Å²) in [6, 6.07) is 5.83. The minimum absolute atomic E-state index is 0.0473. The monoisotopic (exact) mass is 277 g/mol. The molecule has 0 aromatic heterocycles. The van der Waals surface area contributed by atoms with Gasteiger partial charge in [0.1, 0.15) is 0 Å². The maximum atomic E-state index is 11.9. The van der Waals surface area contributed by atoms with E-state index >= 15 is 0 Å². The van der Waals surface area contributed by atoms with Crippen LogP contribution in [-0.4, -0.2) is 5.91 Å². The highest BCUT2D eigenvalue weighted by atomic mass is 16.1. The van der Waals surface area contributed by atoms with Crippen molar-refractivity contribution in [3.8, 4) is 0 Å². The second kappa shape index (κ2) is 7.29. The van der Waals surface area contributed by atoms with Crippen molar-refractivity contribution in [3.05, 3.63) is 23.8 Å². The summed E-state index contributed by atoms with van der Waals surface area (Å²) in [5.41, 5.74) is 5.71. The molecule has 0 unspecified atom stereocenters. The normalized spacial score (nSPS) is 11.2. The molecule has 0 fully saturated rings. The van der Waals surface area contributed by atoms with Gasteiger partial charge in [-0.15, -0.1) is 0 Å². The lowest BCUT2D eigenvalue weighted by Crippen LogP contribution is -2.16. The molecular formula is C16H27N3O. The number of nitrogen functional groups attached to an aromatic ring is 1. The Morgan fingerprint density at radius 2 is 2.00 bits per heavy atom. The van der Waals surface area contributed by atoms with Crippen molar-refractivity contribution < 1.29 is 4.79 Å². The van der Waals surface area contributed by atoms with E-state index in [1.54, 1.807) is 0 Å². The van der Waals surface area contributed by atoms with Gasteiger partial charge in [-0.1, -0.05) is 40.2 Å². The minimum Gasteiger partial charge on any atom is -0.326 e. The van der Waals surface area contributed by atoms with Gasteiger partial charge in [-0.2, -0.15) is 0 Å². The van der Waals surface area contributed by atoms with Crippen LogP contribution in [-0.2, 0) is 11.2 Å². The van der Waals surface area contributed by atoms with Gasteiger partial charge in [-0.25, -0.2) is 0 Å². The Hall–Kier alpha value is -1.55. The third kappa shape index (κ3) is 5.61. The summed E-state index contributed by atoms with van der Waals surface area (Å²) >= 11 is 0. The van der Waals surface area contributed by atoms with E-state index in [1.165, 1.54) is 5.56 Å². The van der Waals surface area contributed by atoms with Gasteiger partial charge in [-0.05, 0) is 36.0 Å². The molecule has 4 nitrogen and oxygen atoms in total. The smallest absolute Gasteiger partial charge is 0.224 e. The first-order valence-corrected chi connectivity index (χ1v) is 7.25. The highest BCUT2D eigenvalue weighted by Crippen LogP contribution is 2.23. The van der Waals surface area contributed by atoms with Crippen LogP contribution in [0.25, 0.3) is 0 Å². The van der Waals surface area contributed by atoms with Crippen molar-refractivity contribution in [2.24, 2.45) is 11.3 Å². The first-order valence-electron chi connectivity index (χ1n) is 7.25. The van der Waals surface area contributed by atoms with E-state index in [0.29, 0.717) is 6.42 Å². The zero-order valence-electron chi connectivity index (χ0n) is 13.0. The van der Waals surface area contributed by atoms with Gasteiger partial charge in [0.05, 0.1) is 5.69 Å². The number of amides is 1. The first kappa shape index (κ1) is 16.5. The number of aryl methyl sites for hydroxylation is 1. The molecule has 1 aromatic carbocycles. The van der Waals surface area contributed by atoms with Crippen LogP contribution in [0.3, 0.4) is 0 Å². The van der Waals surface area contributed by atoms with Crippen LogP contribution in [0.2, 0.25) is 0 Å². The molecule has 0 aliphatic rings. The Kier molecular flexibility index (Phi) is 6.02. The number of hydrogen-bond donors (Lipinski definition) is 3. The summed E-state index contributed by atoms with van der Waals surface area (Å²) in [4.78, 5) is 11.9. The average Bonchev–Trinajstić information content (AvgIpc) is 2.37. The van der Waals surface area contributed by atoms with Crippen LogP contribution in [0, 0.1) is 5.41 Å². The van der Waals surface area contributed by atoms with Gasteiger partial charge in [-0.3, -0.25) is 10.6 Å². The van der Waals surface area contributed by atoms with Gasteiger partial charge in [0.15, 0.2) is 0 Å². The van der Waals surface area contributed by atoms with Crippen molar-refractivity contribution in [2.45, 2.75) is 53.4 Å². The average molecular weight is 277 g/mol. The van der Waals surface area contributed by atoms with Crippen LogP contribution >= 0.6 is 0 Å². The number of rotatable bonds is 6. The van der Waals surface area contributed by atoms with Crippen molar-refractivity contribution in [2.75, 3.05) is 10.7 Å². The van der Waals surface area contributed by atoms with E-state index in [1.807, 2.05) is 18.2 Å². The van der Waals surface area contributed by atoms with Gasteiger partial charge in [0.25, 0.3) is 0 Å². The molecule has 0 atom stereocenters. The van der Waals surface area contributed by atoms with Crippen molar-refractivity contribution in [1.29, 1.82) is 0 Å². The summed E-state index contributed by atoms with van der Waals surface area (Å²) in [6.07, 6.45) is 3.43. The SMILES string of the molecule is CCCc1ccc(NC(=O)CCC(C)(C)C)cc1NN. The highest BCUT2D eigenvalue weighted by Gasteiger charge is 2.13. The fourth-order valence-electron chi connectivity index (χ4n) is 1.99. The van der Waals surface area contributed by atoms with Crippen molar-refractivity contribution >= 4 is 17.3 Å². The van der Waals surface area contributed by atoms with E-state index in [4.69, 9.17) is 5.84 Å². The zero-order valence-corrected chi connectivity index (χ0v) is 13.0. The van der Waals surface area contributed by atoms with E-state index < -0.39 is 0 Å². The van der Waals surface area contributed by atoms with E-state index in [9.17, 15) is 4.79 Å². The molecule has 0 spiro atoms. The van der Waals surface area contributed by atoms with Crippen molar-refractivity contribution in [3.63, 3.8) is 0 Å². The Bertz CT molecular complexity index is 450. The largest absolute Gasteiger partial charge is 0.326 e. The number of carbonyl (C=O) groups is 1. The van der Waals surface area contributed by atoms with Gasteiger partial charge < -0.3 is 10.7 Å². The van der Waals surface area contributed by atoms with Crippen LogP contribution in [0.1, 0.15) is 52.5 Å². The lowest BCUT2D eigenvalue weighted by Gasteiger charge is -2.17. The number of benzene rings is 1. The first-order chi connectivity index (χ1) is 9.35. The predicted molar refractivity (Wildman–Crippen MR) is 85.6 cm³/mol. The molecule has 0 saturated carbocycles. The Labute approximate surface area is 122 Å². The number of carbonyl (C=O) groups excluding carboxylic acids is 1. The number of hydrazine groups is 1. The van der Waals surface area contributed by atoms with E-state index in [0.717, 1.165) is 30.6 Å². The second-order valence-corrected chi connectivity index (χ2v) is 6.38. The summed E-state index contributed by atoms with van der Waals surface area (Å²) in [6.45, 7) is 8.53. The van der Waals surface area contributed by atoms with Crippen LogP contribution in [0.5, 0.6) is 0 Å². The molecule has 112 valence electrons. The zero-order chi connectivity index (χ0) is 15.2. The number of hydrogen-bond acceptors (Lipinski definition) is 3. The molecule has 1 amide bonds. The van der Waals surface area contributed by atoms with Crippen LogP contribution < -0.4 is 16.6 Å². The molecule has 4 heteroatoms. The molecule has 0 radical (unpaired) electrons. The van der Waals surface area contributed by atoms with Gasteiger partial charge >= 0.3 is 0 Å². The molecule has 20 heavy (non-hydrogen) atoms. The lowest BCUT2D eigenvalue weighted by atomic mass is 9.90. The quantitative estimate of drug-likeness (QED) is 0.549. The summed E-state index contributed by atoms with van der Waals surface area (Å²) in [5.74, 6) is 5.58. The maximum absolute atomic E-state index is 11.9. The molecule has 0 aliphatic heterocycles. The van der Waals surface area contributed by atoms with Gasteiger partial charge in [0, 0.05) is 12.1 Å². The molecule has 0 aliphatic carbocycles. The summed E-state index contributed by atoms with van der Waals surface area (Å²) in [7, 11) is 0.